The normalized spacial score (nSPS) is 24.5. The lowest BCUT2D eigenvalue weighted by molar-refractivity contribution is 0.106. The van der Waals surface area contributed by atoms with Crippen molar-refractivity contribution in [3.05, 3.63) is 23.0 Å². The lowest BCUT2D eigenvalue weighted by Crippen LogP contribution is -2.39. The van der Waals surface area contributed by atoms with Gasteiger partial charge in [0.25, 0.3) is 0 Å². The Hall–Kier alpha value is -1.70. The molecule has 134 valence electrons. The van der Waals surface area contributed by atoms with E-state index < -0.39 is 0 Å². The molecule has 7 heteroatoms. The molecule has 0 bridgehead atoms. The van der Waals surface area contributed by atoms with E-state index in [4.69, 9.17) is 19.6 Å². The molecule has 0 amide bonds. The monoisotopic (exact) mass is 343 g/mol. The van der Waals surface area contributed by atoms with Crippen molar-refractivity contribution in [1.29, 1.82) is 0 Å². The molecule has 3 aliphatic rings. The van der Waals surface area contributed by atoms with Gasteiger partial charge < -0.3 is 19.7 Å². The highest BCUT2D eigenvalue weighted by Crippen LogP contribution is 2.31. The highest BCUT2D eigenvalue weighted by molar-refractivity contribution is 5.58. The van der Waals surface area contributed by atoms with Crippen LogP contribution in [-0.4, -0.2) is 54.1 Å². The first-order valence-corrected chi connectivity index (χ1v) is 9.45. The fraction of sp³-hybridized carbons (Fsp3) is 0.667. The van der Waals surface area contributed by atoms with E-state index in [1.807, 2.05) is 4.52 Å². The van der Waals surface area contributed by atoms with E-state index >= 15 is 0 Å². The van der Waals surface area contributed by atoms with Crippen LogP contribution in [0.4, 0.5) is 5.82 Å². The highest BCUT2D eigenvalue weighted by atomic mass is 16.5. The minimum atomic E-state index is 0.348. The summed E-state index contributed by atoms with van der Waals surface area (Å²) >= 11 is 0. The molecule has 1 N–H and O–H groups in total. The van der Waals surface area contributed by atoms with Crippen LogP contribution < -0.4 is 10.2 Å². The zero-order chi connectivity index (χ0) is 16.6. The Morgan fingerprint density at radius 1 is 1.12 bits per heavy atom. The molecule has 0 aromatic carbocycles. The van der Waals surface area contributed by atoms with Gasteiger partial charge in [0.2, 0.25) is 0 Å². The molecule has 5 heterocycles. The number of rotatable bonds is 2. The standard InChI is InChI=1S/C18H25N5O2/c1-2-5-19-15(3-1)16-11-17-20-14-4-8-25-12-13(14)18(23(17)21-16)22-6-9-24-10-7-22/h11,15,19H,1-10,12H2. The third-order valence-electron chi connectivity index (χ3n) is 5.49. The summed E-state index contributed by atoms with van der Waals surface area (Å²) in [5.74, 6) is 1.16. The number of hydrogen-bond acceptors (Lipinski definition) is 6. The van der Waals surface area contributed by atoms with Crippen molar-refractivity contribution >= 4 is 11.5 Å². The minimum Gasteiger partial charge on any atom is -0.378 e. The molecule has 7 nitrogen and oxygen atoms in total. The van der Waals surface area contributed by atoms with E-state index in [9.17, 15) is 0 Å². The second-order valence-corrected chi connectivity index (χ2v) is 7.10. The van der Waals surface area contributed by atoms with Gasteiger partial charge in [-0.3, -0.25) is 0 Å². The lowest BCUT2D eigenvalue weighted by atomic mass is 10.0. The summed E-state index contributed by atoms with van der Waals surface area (Å²) in [6.07, 6.45) is 4.55. The summed E-state index contributed by atoms with van der Waals surface area (Å²) in [5.41, 5.74) is 4.45. The number of hydrogen-bond donors (Lipinski definition) is 1. The summed E-state index contributed by atoms with van der Waals surface area (Å²) in [7, 11) is 0. The molecular weight excluding hydrogens is 318 g/mol. The number of morpholine rings is 1. The average Bonchev–Trinajstić information content (AvgIpc) is 3.11. The van der Waals surface area contributed by atoms with Gasteiger partial charge in [0.1, 0.15) is 5.82 Å². The van der Waals surface area contributed by atoms with E-state index in [-0.39, 0.29) is 0 Å². The van der Waals surface area contributed by atoms with Gasteiger partial charge in [-0.2, -0.15) is 9.61 Å². The second kappa shape index (κ2) is 6.55. The number of fused-ring (bicyclic) bond motifs is 2. The Morgan fingerprint density at radius 3 is 2.88 bits per heavy atom. The third-order valence-corrected chi connectivity index (χ3v) is 5.49. The maximum absolute atomic E-state index is 5.75. The molecule has 1 atom stereocenters. The lowest BCUT2D eigenvalue weighted by Gasteiger charge is -2.32. The van der Waals surface area contributed by atoms with Gasteiger partial charge in [-0.05, 0) is 19.4 Å². The summed E-state index contributed by atoms with van der Waals surface area (Å²) in [6.45, 7) is 5.76. The molecule has 25 heavy (non-hydrogen) atoms. The van der Waals surface area contributed by atoms with Crippen molar-refractivity contribution in [2.45, 2.75) is 38.3 Å². The smallest absolute Gasteiger partial charge is 0.157 e. The average molecular weight is 343 g/mol. The van der Waals surface area contributed by atoms with Gasteiger partial charge in [-0.25, -0.2) is 4.98 Å². The summed E-state index contributed by atoms with van der Waals surface area (Å²) in [6, 6.07) is 2.52. The second-order valence-electron chi connectivity index (χ2n) is 7.10. The minimum absolute atomic E-state index is 0.348. The van der Waals surface area contributed by atoms with Gasteiger partial charge in [0.05, 0.1) is 43.9 Å². The summed E-state index contributed by atoms with van der Waals surface area (Å²) in [4.78, 5) is 7.31. The zero-order valence-electron chi connectivity index (χ0n) is 14.5. The predicted octanol–water partition coefficient (Wildman–Crippen LogP) is 1.45. The van der Waals surface area contributed by atoms with Crippen LogP contribution in [0.5, 0.6) is 0 Å². The van der Waals surface area contributed by atoms with E-state index in [0.717, 1.165) is 69.5 Å². The molecule has 0 saturated carbocycles. The summed E-state index contributed by atoms with van der Waals surface area (Å²) in [5, 5.41) is 8.58. The van der Waals surface area contributed by atoms with Crippen LogP contribution in [0.2, 0.25) is 0 Å². The van der Waals surface area contributed by atoms with E-state index in [1.165, 1.54) is 24.1 Å². The topological polar surface area (TPSA) is 63.9 Å². The molecule has 1 unspecified atom stereocenters. The van der Waals surface area contributed by atoms with Gasteiger partial charge >= 0.3 is 0 Å². The Labute approximate surface area is 147 Å². The van der Waals surface area contributed by atoms with Crippen LogP contribution in [0.25, 0.3) is 5.65 Å². The number of aromatic nitrogens is 3. The SMILES string of the molecule is c1c(C2CCCCN2)nn2c(N3CCOCC3)c3c(nc12)CCOC3. The molecule has 3 aliphatic heterocycles. The van der Waals surface area contributed by atoms with E-state index in [1.54, 1.807) is 0 Å². The Bertz CT molecular complexity index is 762. The van der Waals surface area contributed by atoms with Crippen molar-refractivity contribution in [1.82, 2.24) is 19.9 Å². The van der Waals surface area contributed by atoms with Gasteiger partial charge in [-0.1, -0.05) is 6.42 Å². The fourth-order valence-corrected chi connectivity index (χ4v) is 4.16. The third kappa shape index (κ3) is 2.80. The van der Waals surface area contributed by atoms with Gasteiger partial charge in [0, 0.05) is 31.1 Å². The molecular formula is C18H25N5O2. The summed E-state index contributed by atoms with van der Waals surface area (Å²) < 4.78 is 13.3. The fourth-order valence-electron chi connectivity index (χ4n) is 4.16. The molecule has 2 aromatic heterocycles. The molecule has 5 rings (SSSR count). The van der Waals surface area contributed by atoms with Crippen molar-refractivity contribution in [2.75, 3.05) is 44.4 Å². The molecule has 2 fully saturated rings. The van der Waals surface area contributed by atoms with Crippen LogP contribution >= 0.6 is 0 Å². The number of nitrogens with one attached hydrogen (secondary N) is 1. The number of ether oxygens (including phenoxy) is 2. The highest BCUT2D eigenvalue weighted by Gasteiger charge is 2.27. The Balaban J connectivity index is 1.63. The first-order valence-electron chi connectivity index (χ1n) is 9.45. The number of piperidine rings is 1. The Morgan fingerprint density at radius 2 is 2.04 bits per heavy atom. The Kier molecular flexibility index (Phi) is 4.07. The van der Waals surface area contributed by atoms with Gasteiger partial charge in [-0.15, -0.1) is 0 Å². The molecule has 0 spiro atoms. The van der Waals surface area contributed by atoms with Crippen molar-refractivity contribution < 1.29 is 9.47 Å². The maximum Gasteiger partial charge on any atom is 0.157 e. The van der Waals surface area contributed by atoms with Crippen LogP contribution in [0.15, 0.2) is 6.07 Å². The number of nitrogens with zero attached hydrogens (tertiary/aromatic N) is 4. The quantitative estimate of drug-likeness (QED) is 0.891. The molecule has 0 radical (unpaired) electrons. The van der Waals surface area contributed by atoms with E-state index in [2.05, 4.69) is 16.3 Å². The predicted molar refractivity (Wildman–Crippen MR) is 94.0 cm³/mol. The zero-order valence-corrected chi connectivity index (χ0v) is 14.5. The van der Waals surface area contributed by atoms with Crippen molar-refractivity contribution in [2.24, 2.45) is 0 Å². The first kappa shape index (κ1) is 15.5. The van der Waals surface area contributed by atoms with Crippen LogP contribution in [0.1, 0.15) is 42.3 Å². The molecule has 0 aliphatic carbocycles. The molecule has 2 saturated heterocycles. The van der Waals surface area contributed by atoms with E-state index in [0.29, 0.717) is 12.6 Å². The number of anilines is 1. The van der Waals surface area contributed by atoms with Crippen LogP contribution in [0.3, 0.4) is 0 Å². The molecule has 2 aromatic rings. The van der Waals surface area contributed by atoms with Crippen molar-refractivity contribution in [3.63, 3.8) is 0 Å². The van der Waals surface area contributed by atoms with Crippen molar-refractivity contribution in [3.8, 4) is 0 Å². The first-order chi connectivity index (χ1) is 12.4. The largest absolute Gasteiger partial charge is 0.378 e. The van der Waals surface area contributed by atoms with Crippen LogP contribution in [-0.2, 0) is 22.5 Å². The van der Waals surface area contributed by atoms with Gasteiger partial charge in [0.15, 0.2) is 5.65 Å². The van der Waals surface area contributed by atoms with Crippen LogP contribution in [0, 0.1) is 0 Å². The maximum atomic E-state index is 5.75.